The fourth-order valence-corrected chi connectivity index (χ4v) is 4.75. The summed E-state index contributed by atoms with van der Waals surface area (Å²) in [5.41, 5.74) is 2.23. The molecule has 0 unspecified atom stereocenters. The van der Waals surface area contributed by atoms with E-state index in [1.54, 1.807) is 0 Å². The predicted octanol–water partition coefficient (Wildman–Crippen LogP) is 6.85. The van der Waals surface area contributed by atoms with Gasteiger partial charge in [-0.2, -0.15) is 0 Å². The second kappa shape index (κ2) is 8.63. The van der Waals surface area contributed by atoms with Crippen LogP contribution in [0.4, 0.5) is 0 Å². The minimum Gasteiger partial charge on any atom is -0.506 e. The van der Waals surface area contributed by atoms with Gasteiger partial charge in [0.1, 0.15) is 34.3 Å². The smallest absolute Gasteiger partial charge is 0.204 e. The lowest BCUT2D eigenvalue weighted by Crippen LogP contribution is -2.39. The maximum absolute atomic E-state index is 13.7. The molecule has 0 saturated heterocycles. The Morgan fingerprint density at radius 2 is 1.83 bits per heavy atom. The summed E-state index contributed by atoms with van der Waals surface area (Å²) >= 11 is 0. The van der Waals surface area contributed by atoms with Crippen molar-refractivity contribution in [3.8, 4) is 34.1 Å². The highest BCUT2D eigenvalue weighted by atomic mass is 16.5. The van der Waals surface area contributed by atoms with Crippen molar-refractivity contribution in [2.24, 2.45) is 5.41 Å². The molecule has 188 valence electrons. The Hall–Kier alpha value is -3.93. The SMILES string of the molecule is C=CC(C)(C)C1=Cc2c(c(CC=C(C)C)c3occ(-c4ccc(O)c(O)c4)c(=O)c3c2O)OC1(C)C. The van der Waals surface area contributed by atoms with Crippen LogP contribution >= 0.6 is 0 Å². The molecule has 1 aliphatic rings. The Morgan fingerprint density at radius 1 is 1.14 bits per heavy atom. The van der Waals surface area contributed by atoms with Gasteiger partial charge in [0, 0.05) is 11.0 Å². The highest BCUT2D eigenvalue weighted by Gasteiger charge is 2.40. The number of hydrogen-bond acceptors (Lipinski definition) is 6. The van der Waals surface area contributed by atoms with E-state index in [0.717, 1.165) is 11.1 Å². The van der Waals surface area contributed by atoms with Crippen molar-refractivity contribution in [3.63, 3.8) is 0 Å². The number of aromatic hydroxyl groups is 3. The van der Waals surface area contributed by atoms with Gasteiger partial charge in [-0.3, -0.25) is 4.79 Å². The normalized spacial score (nSPS) is 14.6. The molecule has 3 N–H and O–H groups in total. The van der Waals surface area contributed by atoms with Crippen LogP contribution in [0.15, 0.2) is 63.6 Å². The molecule has 0 radical (unpaired) electrons. The van der Waals surface area contributed by atoms with Crippen LogP contribution in [-0.2, 0) is 6.42 Å². The molecule has 3 aromatic rings. The van der Waals surface area contributed by atoms with Crippen LogP contribution in [-0.4, -0.2) is 20.9 Å². The first-order valence-electron chi connectivity index (χ1n) is 11.8. The molecule has 4 rings (SSSR count). The molecule has 0 fully saturated rings. The highest BCUT2D eigenvalue weighted by Crippen LogP contribution is 2.50. The number of rotatable bonds is 5. The lowest BCUT2D eigenvalue weighted by atomic mass is 9.73. The first kappa shape index (κ1) is 25.2. The average molecular weight is 489 g/mol. The Kier molecular flexibility index (Phi) is 6.03. The van der Waals surface area contributed by atoms with Crippen LogP contribution < -0.4 is 10.2 Å². The van der Waals surface area contributed by atoms with Crippen molar-refractivity contribution in [2.45, 2.75) is 53.6 Å². The second-order valence-electron chi connectivity index (χ2n) is 10.5. The fourth-order valence-electron chi connectivity index (χ4n) is 4.75. The minimum atomic E-state index is -0.700. The Balaban J connectivity index is 2.11. The largest absolute Gasteiger partial charge is 0.506 e. The van der Waals surface area contributed by atoms with Gasteiger partial charge in [-0.05, 0) is 63.5 Å². The van der Waals surface area contributed by atoms with Crippen molar-refractivity contribution < 1.29 is 24.5 Å². The summed E-state index contributed by atoms with van der Waals surface area (Å²) in [6.45, 7) is 15.9. The van der Waals surface area contributed by atoms with E-state index in [4.69, 9.17) is 9.15 Å². The number of phenols is 3. The van der Waals surface area contributed by atoms with Crippen LogP contribution in [0.2, 0.25) is 0 Å². The predicted molar refractivity (Wildman–Crippen MR) is 143 cm³/mol. The third-order valence-electron chi connectivity index (χ3n) is 6.78. The fraction of sp³-hybridized carbons (Fsp3) is 0.300. The van der Waals surface area contributed by atoms with Crippen molar-refractivity contribution in [1.29, 1.82) is 0 Å². The van der Waals surface area contributed by atoms with Crippen LogP contribution in [0.3, 0.4) is 0 Å². The quantitative estimate of drug-likeness (QED) is 0.268. The Morgan fingerprint density at radius 3 is 2.44 bits per heavy atom. The van der Waals surface area contributed by atoms with Crippen molar-refractivity contribution >= 4 is 17.0 Å². The molecule has 0 aliphatic carbocycles. The third kappa shape index (κ3) is 4.06. The summed E-state index contributed by atoms with van der Waals surface area (Å²) in [6.07, 6.45) is 7.49. The van der Waals surface area contributed by atoms with Gasteiger partial charge in [-0.1, -0.05) is 37.6 Å². The lowest BCUT2D eigenvalue weighted by molar-refractivity contribution is 0.125. The first-order chi connectivity index (χ1) is 16.8. The first-order valence-corrected chi connectivity index (χ1v) is 11.8. The van der Waals surface area contributed by atoms with E-state index >= 15 is 0 Å². The second-order valence-corrected chi connectivity index (χ2v) is 10.5. The van der Waals surface area contributed by atoms with Gasteiger partial charge in [-0.15, -0.1) is 6.58 Å². The molecular weight excluding hydrogens is 456 g/mol. The highest BCUT2D eigenvalue weighted by molar-refractivity contribution is 5.96. The van der Waals surface area contributed by atoms with E-state index in [-0.39, 0.29) is 33.8 Å². The number of fused-ring (bicyclic) bond motifs is 2. The van der Waals surface area contributed by atoms with Gasteiger partial charge in [-0.25, -0.2) is 0 Å². The molecule has 6 heteroatoms. The molecule has 0 spiro atoms. The van der Waals surface area contributed by atoms with Crippen molar-refractivity contribution in [2.75, 3.05) is 0 Å². The van der Waals surface area contributed by atoms with Gasteiger partial charge in [0.15, 0.2) is 11.5 Å². The monoisotopic (exact) mass is 488 g/mol. The molecule has 1 aliphatic heterocycles. The maximum atomic E-state index is 13.7. The summed E-state index contributed by atoms with van der Waals surface area (Å²) < 4.78 is 12.5. The molecule has 0 atom stereocenters. The standard InChI is InChI=1S/C30H32O6/c1-8-29(4,5)23-14-19-25(33)24-26(34)20(17-10-12-21(31)22(32)13-17)15-35-28(24)18(11-9-16(2)3)27(19)36-30(23,6)7/h8-10,12-15,31-33H,1,11H2,2-7H3. The molecule has 0 bridgehead atoms. The molecule has 0 amide bonds. The number of benzene rings is 2. The Labute approximate surface area is 210 Å². The van der Waals surface area contributed by atoms with Crippen LogP contribution in [0, 0.1) is 5.41 Å². The summed E-state index contributed by atoms with van der Waals surface area (Å²) in [4.78, 5) is 13.7. The average Bonchev–Trinajstić information content (AvgIpc) is 2.79. The maximum Gasteiger partial charge on any atom is 0.204 e. The van der Waals surface area contributed by atoms with E-state index in [9.17, 15) is 20.1 Å². The van der Waals surface area contributed by atoms with Crippen LogP contribution in [0.25, 0.3) is 28.2 Å². The van der Waals surface area contributed by atoms with Crippen molar-refractivity contribution in [1.82, 2.24) is 0 Å². The molecule has 0 saturated carbocycles. The molecule has 36 heavy (non-hydrogen) atoms. The van der Waals surface area contributed by atoms with Gasteiger partial charge in [0.2, 0.25) is 5.43 Å². The van der Waals surface area contributed by atoms with Crippen LogP contribution in [0.5, 0.6) is 23.0 Å². The summed E-state index contributed by atoms with van der Waals surface area (Å²) in [5, 5.41) is 31.1. The van der Waals surface area contributed by atoms with Gasteiger partial charge in [0.25, 0.3) is 0 Å². The van der Waals surface area contributed by atoms with E-state index in [1.165, 1.54) is 24.5 Å². The topological polar surface area (TPSA) is 100 Å². The summed E-state index contributed by atoms with van der Waals surface area (Å²) in [7, 11) is 0. The molecule has 1 aromatic heterocycles. The van der Waals surface area contributed by atoms with Gasteiger partial charge < -0.3 is 24.5 Å². The number of allylic oxidation sites excluding steroid dienone is 3. The number of phenolic OH excluding ortho intramolecular Hbond substituents is 3. The zero-order valence-corrected chi connectivity index (χ0v) is 21.5. The molecule has 6 nitrogen and oxygen atoms in total. The molecule has 2 aromatic carbocycles. The molecular formula is C30H32O6. The van der Waals surface area contributed by atoms with E-state index in [0.29, 0.717) is 28.9 Å². The Bertz CT molecular complexity index is 1510. The van der Waals surface area contributed by atoms with E-state index < -0.39 is 16.4 Å². The summed E-state index contributed by atoms with van der Waals surface area (Å²) in [5.74, 6) is -0.412. The minimum absolute atomic E-state index is 0.0336. The lowest BCUT2D eigenvalue weighted by Gasteiger charge is -2.41. The van der Waals surface area contributed by atoms with Crippen LogP contribution in [0.1, 0.15) is 52.7 Å². The zero-order chi connectivity index (χ0) is 26.6. The van der Waals surface area contributed by atoms with E-state index in [2.05, 4.69) is 6.58 Å². The number of hydrogen-bond donors (Lipinski definition) is 3. The van der Waals surface area contributed by atoms with Gasteiger partial charge >= 0.3 is 0 Å². The van der Waals surface area contributed by atoms with Gasteiger partial charge in [0.05, 0.1) is 11.1 Å². The summed E-state index contributed by atoms with van der Waals surface area (Å²) in [6, 6.07) is 4.08. The zero-order valence-electron chi connectivity index (χ0n) is 21.5. The van der Waals surface area contributed by atoms with E-state index in [1.807, 2.05) is 59.8 Å². The van der Waals surface area contributed by atoms with Crippen molar-refractivity contribution in [3.05, 3.63) is 75.7 Å². The third-order valence-corrected chi connectivity index (χ3v) is 6.78. The molecule has 2 heterocycles. The number of ether oxygens (including phenoxy) is 1.